The van der Waals surface area contributed by atoms with Gasteiger partial charge in [-0.05, 0) is 60.7 Å². The number of hydrogen-bond donors (Lipinski definition) is 2. The van der Waals surface area contributed by atoms with Crippen molar-refractivity contribution in [2.45, 2.75) is 6.92 Å². The molecule has 3 rings (SSSR count). The van der Waals surface area contributed by atoms with Gasteiger partial charge in [0.25, 0.3) is 5.91 Å². The molecule has 1 amide bonds. The van der Waals surface area contributed by atoms with Crippen molar-refractivity contribution in [3.63, 3.8) is 0 Å². The molecule has 0 spiro atoms. The van der Waals surface area contributed by atoms with Gasteiger partial charge in [-0.2, -0.15) is 0 Å². The van der Waals surface area contributed by atoms with E-state index in [2.05, 4.69) is 26.2 Å². The highest BCUT2D eigenvalue weighted by Crippen LogP contribution is 2.32. The number of carbonyl (C=O) groups is 1. The minimum atomic E-state index is -0.252. The highest BCUT2D eigenvalue weighted by Gasteiger charge is 2.24. The standard InChI is InChI=1S/C17H12BrClN2O2S/c1-9-2-4-12(19)8-13(9)20-17-21-16(23)15(24-17)7-10-6-11(18)3-5-14(10)22/h2-8,22H,1H3,(H,20,21,23)/b15-7-. The molecule has 1 aliphatic heterocycles. The Morgan fingerprint density at radius 2 is 2.08 bits per heavy atom. The van der Waals surface area contributed by atoms with Crippen molar-refractivity contribution < 1.29 is 9.90 Å². The van der Waals surface area contributed by atoms with Gasteiger partial charge in [0.15, 0.2) is 5.17 Å². The van der Waals surface area contributed by atoms with E-state index in [-0.39, 0.29) is 11.7 Å². The normalized spacial score (nSPS) is 17.5. The second-order valence-electron chi connectivity index (χ2n) is 5.12. The molecule has 1 fully saturated rings. The van der Waals surface area contributed by atoms with Gasteiger partial charge in [-0.1, -0.05) is 33.6 Å². The van der Waals surface area contributed by atoms with E-state index in [1.807, 2.05) is 13.0 Å². The fraction of sp³-hybridized carbons (Fsp3) is 0.0588. The SMILES string of the molecule is Cc1ccc(Cl)cc1N=C1NC(=O)/C(=C/c2cc(Br)ccc2O)S1. The van der Waals surface area contributed by atoms with Crippen molar-refractivity contribution >= 4 is 62.1 Å². The van der Waals surface area contributed by atoms with Gasteiger partial charge in [0, 0.05) is 15.1 Å². The summed E-state index contributed by atoms with van der Waals surface area (Å²) >= 11 is 10.6. The van der Waals surface area contributed by atoms with E-state index in [9.17, 15) is 9.90 Å². The van der Waals surface area contributed by atoms with Crippen LogP contribution >= 0.6 is 39.3 Å². The predicted molar refractivity (Wildman–Crippen MR) is 103 cm³/mol. The zero-order valence-corrected chi connectivity index (χ0v) is 15.7. The Hall–Kier alpha value is -1.76. The third kappa shape index (κ3) is 3.83. The van der Waals surface area contributed by atoms with E-state index in [0.29, 0.717) is 26.3 Å². The number of halogens is 2. The van der Waals surface area contributed by atoms with Gasteiger partial charge in [-0.25, -0.2) is 4.99 Å². The van der Waals surface area contributed by atoms with Crippen molar-refractivity contribution in [3.05, 3.63) is 61.9 Å². The van der Waals surface area contributed by atoms with Gasteiger partial charge in [0.1, 0.15) is 5.75 Å². The van der Waals surface area contributed by atoms with Gasteiger partial charge in [0.05, 0.1) is 10.6 Å². The molecule has 2 aromatic carbocycles. The maximum atomic E-state index is 12.1. The smallest absolute Gasteiger partial charge is 0.264 e. The Labute approximate surface area is 156 Å². The molecule has 0 aliphatic carbocycles. The Morgan fingerprint density at radius 1 is 1.29 bits per heavy atom. The van der Waals surface area contributed by atoms with Crippen LogP contribution in [0.15, 0.2) is 50.8 Å². The Bertz CT molecular complexity index is 896. The second kappa shape index (κ2) is 7.01. The summed E-state index contributed by atoms with van der Waals surface area (Å²) in [5.41, 5.74) is 2.22. The first-order valence-electron chi connectivity index (χ1n) is 6.96. The van der Waals surface area contributed by atoms with Gasteiger partial charge in [-0.15, -0.1) is 0 Å². The number of nitrogens with one attached hydrogen (secondary N) is 1. The molecular weight excluding hydrogens is 412 g/mol. The lowest BCUT2D eigenvalue weighted by molar-refractivity contribution is -0.115. The van der Waals surface area contributed by atoms with Crippen molar-refractivity contribution in [3.8, 4) is 5.75 Å². The molecule has 0 aromatic heterocycles. The summed E-state index contributed by atoms with van der Waals surface area (Å²) in [5.74, 6) is -0.145. The van der Waals surface area contributed by atoms with Crippen LogP contribution in [0.4, 0.5) is 5.69 Å². The first kappa shape index (κ1) is 17.1. The molecule has 0 unspecified atom stereocenters. The fourth-order valence-corrected chi connectivity index (χ4v) is 3.45. The lowest BCUT2D eigenvalue weighted by Gasteiger charge is -2.01. The van der Waals surface area contributed by atoms with Crippen LogP contribution in [0.1, 0.15) is 11.1 Å². The van der Waals surface area contributed by atoms with Gasteiger partial charge < -0.3 is 10.4 Å². The van der Waals surface area contributed by atoms with Gasteiger partial charge in [0.2, 0.25) is 0 Å². The zero-order valence-electron chi connectivity index (χ0n) is 12.5. The average Bonchev–Trinajstić information content (AvgIpc) is 2.86. The molecule has 0 saturated carbocycles. The molecular formula is C17H12BrClN2O2S. The number of benzene rings is 2. The quantitative estimate of drug-likeness (QED) is 0.668. The van der Waals surface area contributed by atoms with Crippen LogP contribution in [0.25, 0.3) is 6.08 Å². The number of aromatic hydroxyl groups is 1. The predicted octanol–water partition coefficient (Wildman–Crippen LogP) is 5.01. The first-order chi connectivity index (χ1) is 11.4. The third-order valence-electron chi connectivity index (χ3n) is 3.32. The first-order valence-corrected chi connectivity index (χ1v) is 8.95. The number of phenols is 1. The molecule has 0 atom stereocenters. The Balaban J connectivity index is 1.91. The minimum absolute atomic E-state index is 0.107. The van der Waals surface area contributed by atoms with E-state index in [0.717, 1.165) is 10.0 Å². The maximum absolute atomic E-state index is 12.1. The van der Waals surface area contributed by atoms with Crippen LogP contribution in [0, 0.1) is 6.92 Å². The molecule has 2 aromatic rings. The summed E-state index contributed by atoms with van der Waals surface area (Å²) in [6, 6.07) is 10.5. The van der Waals surface area contributed by atoms with Gasteiger partial charge in [-0.3, -0.25) is 4.79 Å². The summed E-state index contributed by atoms with van der Waals surface area (Å²) in [6.07, 6.45) is 1.63. The summed E-state index contributed by atoms with van der Waals surface area (Å²) < 4.78 is 0.819. The molecule has 0 radical (unpaired) electrons. The second-order valence-corrected chi connectivity index (χ2v) is 7.50. The van der Waals surface area contributed by atoms with Crippen LogP contribution in [-0.4, -0.2) is 16.2 Å². The van der Waals surface area contributed by atoms with E-state index in [1.165, 1.54) is 11.8 Å². The van der Waals surface area contributed by atoms with Crippen LogP contribution in [0.5, 0.6) is 5.75 Å². The van der Waals surface area contributed by atoms with Crippen LogP contribution in [0.3, 0.4) is 0 Å². The molecule has 24 heavy (non-hydrogen) atoms. The summed E-state index contributed by atoms with van der Waals surface area (Å²) in [7, 11) is 0. The number of aliphatic imine (C=N–C) groups is 1. The largest absolute Gasteiger partial charge is 0.507 e. The maximum Gasteiger partial charge on any atom is 0.264 e. The van der Waals surface area contributed by atoms with E-state index in [4.69, 9.17) is 11.6 Å². The Morgan fingerprint density at radius 3 is 2.88 bits per heavy atom. The van der Waals surface area contributed by atoms with Crippen molar-refractivity contribution in [2.75, 3.05) is 0 Å². The molecule has 7 heteroatoms. The Kier molecular flexibility index (Phi) is 4.99. The van der Waals surface area contributed by atoms with Crippen molar-refractivity contribution in [2.24, 2.45) is 4.99 Å². The highest BCUT2D eigenvalue weighted by molar-refractivity contribution is 9.10. The number of amides is 1. The number of phenolic OH excluding ortho intramolecular Hbond substituents is 1. The van der Waals surface area contributed by atoms with E-state index >= 15 is 0 Å². The van der Waals surface area contributed by atoms with Crippen LogP contribution in [0.2, 0.25) is 5.02 Å². The third-order valence-corrected chi connectivity index (χ3v) is 4.96. The highest BCUT2D eigenvalue weighted by atomic mass is 79.9. The lowest BCUT2D eigenvalue weighted by Crippen LogP contribution is -2.19. The molecule has 4 nitrogen and oxygen atoms in total. The molecule has 122 valence electrons. The van der Waals surface area contributed by atoms with E-state index in [1.54, 1.807) is 36.4 Å². The fourth-order valence-electron chi connectivity index (χ4n) is 2.08. The number of thioether (sulfide) groups is 1. The topological polar surface area (TPSA) is 61.7 Å². The molecule has 2 N–H and O–H groups in total. The monoisotopic (exact) mass is 422 g/mol. The molecule has 1 saturated heterocycles. The molecule has 1 heterocycles. The average molecular weight is 424 g/mol. The number of nitrogens with zero attached hydrogens (tertiary/aromatic N) is 1. The minimum Gasteiger partial charge on any atom is -0.507 e. The van der Waals surface area contributed by atoms with E-state index < -0.39 is 0 Å². The summed E-state index contributed by atoms with van der Waals surface area (Å²) in [4.78, 5) is 17.0. The zero-order chi connectivity index (χ0) is 17.3. The lowest BCUT2D eigenvalue weighted by atomic mass is 10.2. The van der Waals surface area contributed by atoms with Crippen molar-refractivity contribution in [1.29, 1.82) is 0 Å². The van der Waals surface area contributed by atoms with Crippen LogP contribution < -0.4 is 5.32 Å². The van der Waals surface area contributed by atoms with Gasteiger partial charge >= 0.3 is 0 Å². The summed E-state index contributed by atoms with van der Waals surface area (Å²) in [5, 5.41) is 13.7. The van der Waals surface area contributed by atoms with Crippen molar-refractivity contribution in [1.82, 2.24) is 5.32 Å². The number of amidine groups is 1. The van der Waals surface area contributed by atoms with Crippen LogP contribution in [-0.2, 0) is 4.79 Å². The number of rotatable bonds is 2. The molecule has 1 aliphatic rings. The molecule has 0 bridgehead atoms. The summed E-state index contributed by atoms with van der Waals surface area (Å²) in [6.45, 7) is 1.92. The number of carbonyl (C=O) groups excluding carboxylic acids is 1. The number of aryl methyl sites for hydroxylation is 1. The number of hydrogen-bond acceptors (Lipinski definition) is 4.